The van der Waals surface area contributed by atoms with E-state index >= 15 is 0 Å². The highest BCUT2D eigenvalue weighted by Crippen LogP contribution is 2.33. The fourth-order valence-electron chi connectivity index (χ4n) is 4.35. The van der Waals surface area contributed by atoms with E-state index in [-0.39, 0.29) is 42.5 Å². The number of piperazine rings is 1. The van der Waals surface area contributed by atoms with Gasteiger partial charge in [0.15, 0.2) is 0 Å². The molecule has 2 aliphatic rings. The number of sulfonamides is 1. The van der Waals surface area contributed by atoms with Crippen molar-refractivity contribution in [3.8, 4) is 0 Å². The first kappa shape index (κ1) is 20.9. The van der Waals surface area contributed by atoms with E-state index in [1.54, 1.807) is 17.0 Å². The number of rotatable bonds is 4. The maximum atomic E-state index is 13.3. The molecular formula is C22H26FN3O3S. The maximum Gasteiger partial charge on any atom is 0.254 e. The molecule has 1 aromatic carbocycles. The minimum Gasteiger partial charge on any atom is -0.336 e. The second-order valence-corrected chi connectivity index (χ2v) is 9.91. The van der Waals surface area contributed by atoms with Crippen molar-refractivity contribution in [1.82, 2.24) is 14.2 Å². The summed E-state index contributed by atoms with van der Waals surface area (Å²) in [7, 11) is -3.60. The molecule has 2 heterocycles. The number of benzene rings is 1. The van der Waals surface area contributed by atoms with Crippen LogP contribution in [0.2, 0.25) is 0 Å². The number of pyridine rings is 1. The van der Waals surface area contributed by atoms with Crippen LogP contribution in [-0.2, 0) is 10.0 Å². The van der Waals surface area contributed by atoms with Crippen LogP contribution in [-0.4, -0.2) is 54.7 Å². The Kier molecular flexibility index (Phi) is 6.15. The van der Waals surface area contributed by atoms with E-state index in [0.717, 1.165) is 6.07 Å². The number of carbonyl (C=O) groups excluding carboxylic acids is 1. The smallest absolute Gasteiger partial charge is 0.254 e. The Morgan fingerprint density at radius 1 is 0.967 bits per heavy atom. The number of amides is 1. The van der Waals surface area contributed by atoms with Gasteiger partial charge in [0, 0.05) is 44.0 Å². The van der Waals surface area contributed by atoms with Crippen LogP contribution in [0.5, 0.6) is 0 Å². The van der Waals surface area contributed by atoms with Gasteiger partial charge in [0.1, 0.15) is 0 Å². The van der Waals surface area contributed by atoms with Gasteiger partial charge in [-0.15, -0.1) is 0 Å². The zero-order valence-electron chi connectivity index (χ0n) is 16.8. The quantitative estimate of drug-likeness (QED) is 0.696. The average molecular weight is 432 g/mol. The average Bonchev–Trinajstić information content (AvgIpc) is 2.79. The summed E-state index contributed by atoms with van der Waals surface area (Å²) in [6.07, 6.45) is 7.35. The fraction of sp³-hybridized carbons (Fsp3) is 0.455. The molecule has 2 fully saturated rings. The van der Waals surface area contributed by atoms with Crippen LogP contribution in [0.25, 0.3) is 0 Å². The highest BCUT2D eigenvalue weighted by molar-refractivity contribution is 7.89. The molecule has 0 unspecified atom stereocenters. The predicted octanol–water partition coefficient (Wildman–Crippen LogP) is 3.42. The molecule has 0 spiro atoms. The van der Waals surface area contributed by atoms with Crippen molar-refractivity contribution in [2.75, 3.05) is 26.2 Å². The van der Waals surface area contributed by atoms with Crippen molar-refractivity contribution in [3.05, 3.63) is 59.7 Å². The maximum absolute atomic E-state index is 13.3. The minimum absolute atomic E-state index is 0.214. The standard InChI is InChI=1S/C22H26FN3O3S/c23-21-16-19(10-11-24-21)22(27)25-12-14-26(15-13-25)30(28,29)20-8-6-18(7-9-20)17-4-2-1-3-5-17/h6-11,16-17H,1-5,12-15H2. The molecule has 4 rings (SSSR count). The number of aromatic nitrogens is 1. The fourth-order valence-corrected chi connectivity index (χ4v) is 5.77. The van der Waals surface area contributed by atoms with E-state index < -0.39 is 16.0 Å². The molecule has 1 aromatic heterocycles. The SMILES string of the molecule is O=C(c1ccnc(F)c1)N1CCN(S(=O)(=O)c2ccc(C3CCCCC3)cc2)CC1. The predicted molar refractivity (Wildman–Crippen MR) is 111 cm³/mol. The van der Waals surface area contributed by atoms with E-state index in [4.69, 9.17) is 0 Å². The Bertz CT molecular complexity index is 997. The lowest BCUT2D eigenvalue weighted by Crippen LogP contribution is -2.50. The monoisotopic (exact) mass is 431 g/mol. The topological polar surface area (TPSA) is 70.6 Å². The Morgan fingerprint density at radius 3 is 2.27 bits per heavy atom. The van der Waals surface area contributed by atoms with E-state index in [9.17, 15) is 17.6 Å². The molecule has 1 amide bonds. The second kappa shape index (κ2) is 8.81. The molecule has 30 heavy (non-hydrogen) atoms. The molecule has 0 bridgehead atoms. The van der Waals surface area contributed by atoms with E-state index in [2.05, 4.69) is 4.98 Å². The normalized spacial score (nSPS) is 19.0. The Morgan fingerprint density at radius 2 is 1.63 bits per heavy atom. The highest BCUT2D eigenvalue weighted by atomic mass is 32.2. The molecule has 1 aliphatic heterocycles. The van der Waals surface area contributed by atoms with Crippen molar-refractivity contribution in [3.63, 3.8) is 0 Å². The highest BCUT2D eigenvalue weighted by Gasteiger charge is 2.30. The van der Waals surface area contributed by atoms with E-state index in [1.807, 2.05) is 12.1 Å². The first-order valence-electron chi connectivity index (χ1n) is 10.5. The Labute approximate surface area is 176 Å². The van der Waals surface area contributed by atoms with Crippen LogP contribution in [0.4, 0.5) is 4.39 Å². The summed E-state index contributed by atoms with van der Waals surface area (Å²) >= 11 is 0. The molecule has 8 heteroatoms. The second-order valence-electron chi connectivity index (χ2n) is 7.97. The van der Waals surface area contributed by atoms with Gasteiger partial charge in [-0.05, 0) is 42.5 Å². The zero-order chi connectivity index (χ0) is 21.1. The van der Waals surface area contributed by atoms with Gasteiger partial charge in [-0.25, -0.2) is 13.4 Å². The number of carbonyl (C=O) groups is 1. The van der Waals surface area contributed by atoms with Crippen LogP contribution < -0.4 is 0 Å². The molecule has 1 saturated heterocycles. The first-order valence-corrected chi connectivity index (χ1v) is 11.9. The van der Waals surface area contributed by atoms with Gasteiger partial charge >= 0.3 is 0 Å². The summed E-state index contributed by atoms with van der Waals surface area (Å²) in [4.78, 5) is 17.8. The van der Waals surface area contributed by atoms with Gasteiger partial charge in [-0.1, -0.05) is 31.4 Å². The summed E-state index contributed by atoms with van der Waals surface area (Å²) in [5.41, 5.74) is 1.44. The number of hydrogen-bond donors (Lipinski definition) is 0. The molecule has 2 aromatic rings. The third kappa shape index (κ3) is 4.39. The number of nitrogens with zero attached hydrogens (tertiary/aromatic N) is 3. The van der Waals surface area contributed by atoms with Gasteiger partial charge in [-0.2, -0.15) is 8.70 Å². The largest absolute Gasteiger partial charge is 0.336 e. The Hall–Kier alpha value is -2.32. The van der Waals surface area contributed by atoms with Crippen LogP contribution in [0.1, 0.15) is 53.9 Å². The van der Waals surface area contributed by atoms with Crippen LogP contribution >= 0.6 is 0 Å². The van der Waals surface area contributed by atoms with Crippen LogP contribution in [0.3, 0.4) is 0 Å². The molecule has 1 aliphatic carbocycles. The lowest BCUT2D eigenvalue weighted by molar-refractivity contribution is 0.0697. The van der Waals surface area contributed by atoms with Gasteiger partial charge < -0.3 is 4.90 Å². The summed E-state index contributed by atoms with van der Waals surface area (Å²) in [5.74, 6) is -0.494. The third-order valence-electron chi connectivity index (χ3n) is 6.09. The summed E-state index contributed by atoms with van der Waals surface area (Å²) < 4.78 is 40.8. The van der Waals surface area contributed by atoms with Crippen molar-refractivity contribution in [1.29, 1.82) is 0 Å². The van der Waals surface area contributed by atoms with Crippen LogP contribution in [0.15, 0.2) is 47.5 Å². The van der Waals surface area contributed by atoms with Crippen molar-refractivity contribution in [2.24, 2.45) is 0 Å². The minimum atomic E-state index is -3.60. The molecule has 160 valence electrons. The van der Waals surface area contributed by atoms with Crippen molar-refractivity contribution < 1.29 is 17.6 Å². The van der Waals surface area contributed by atoms with Gasteiger partial charge in [0.25, 0.3) is 5.91 Å². The van der Waals surface area contributed by atoms with E-state index in [1.165, 1.54) is 54.2 Å². The van der Waals surface area contributed by atoms with Gasteiger partial charge in [-0.3, -0.25) is 4.79 Å². The third-order valence-corrected chi connectivity index (χ3v) is 8.01. The molecule has 1 saturated carbocycles. The zero-order valence-corrected chi connectivity index (χ0v) is 17.7. The molecular weight excluding hydrogens is 405 g/mol. The molecule has 0 N–H and O–H groups in total. The number of halogens is 1. The van der Waals surface area contributed by atoms with Gasteiger partial charge in [0.2, 0.25) is 16.0 Å². The van der Waals surface area contributed by atoms with E-state index in [0.29, 0.717) is 5.92 Å². The Balaban J connectivity index is 1.40. The van der Waals surface area contributed by atoms with Crippen molar-refractivity contribution >= 4 is 15.9 Å². The van der Waals surface area contributed by atoms with Crippen molar-refractivity contribution in [2.45, 2.75) is 42.9 Å². The molecule has 0 radical (unpaired) electrons. The summed E-state index contributed by atoms with van der Waals surface area (Å²) in [6, 6.07) is 9.86. The summed E-state index contributed by atoms with van der Waals surface area (Å²) in [6.45, 7) is 0.961. The first-order chi connectivity index (χ1) is 14.4. The van der Waals surface area contributed by atoms with Gasteiger partial charge in [0.05, 0.1) is 4.90 Å². The summed E-state index contributed by atoms with van der Waals surface area (Å²) in [5, 5.41) is 0. The number of hydrogen-bond acceptors (Lipinski definition) is 4. The lowest BCUT2D eigenvalue weighted by Gasteiger charge is -2.34. The molecule has 6 nitrogen and oxygen atoms in total. The lowest BCUT2D eigenvalue weighted by atomic mass is 9.84. The van der Waals surface area contributed by atoms with Crippen LogP contribution in [0, 0.1) is 5.95 Å². The molecule has 0 atom stereocenters.